The number of nitriles is 1. The van der Waals surface area contributed by atoms with Crippen LogP contribution in [0.5, 0.6) is 0 Å². The first-order chi connectivity index (χ1) is 16.6. The summed E-state index contributed by atoms with van der Waals surface area (Å²) in [5.74, 6) is -0.559. The summed E-state index contributed by atoms with van der Waals surface area (Å²) in [5.41, 5.74) is 2.08. The van der Waals surface area contributed by atoms with Gasteiger partial charge in [0, 0.05) is 36.2 Å². The van der Waals surface area contributed by atoms with Crippen molar-refractivity contribution in [2.45, 2.75) is 22.6 Å². The molecule has 2 aromatic carbocycles. The van der Waals surface area contributed by atoms with E-state index in [1.165, 1.54) is 39.9 Å². The van der Waals surface area contributed by atoms with Crippen LogP contribution >= 0.6 is 11.3 Å². The molecule has 2 heterocycles. The molecule has 0 unspecified atom stereocenters. The standard InChI is InChI=1S/C23H22N4O5S3/c1-34(29,30)19-6-8-20(9-7-19)35(31,32)27-12-10-18(11-13-27)22(28)26-23-25-21(15-33-23)17-4-2-16(14-24)3-5-17/h2-9,15,18H,10-13H2,1H3,(H,25,26,28). The second kappa shape index (κ2) is 9.87. The van der Waals surface area contributed by atoms with Crippen LogP contribution in [0.1, 0.15) is 18.4 Å². The number of piperidine rings is 1. The lowest BCUT2D eigenvalue weighted by molar-refractivity contribution is -0.120. The molecular weight excluding hydrogens is 508 g/mol. The Kier molecular flexibility index (Phi) is 7.05. The molecule has 12 heteroatoms. The van der Waals surface area contributed by atoms with Crippen molar-refractivity contribution in [1.82, 2.24) is 9.29 Å². The number of thiazole rings is 1. The molecule has 1 amide bonds. The van der Waals surface area contributed by atoms with Gasteiger partial charge in [-0.25, -0.2) is 21.8 Å². The van der Waals surface area contributed by atoms with E-state index in [-0.39, 0.29) is 34.7 Å². The van der Waals surface area contributed by atoms with E-state index in [1.54, 1.807) is 24.3 Å². The molecule has 0 bridgehead atoms. The van der Waals surface area contributed by atoms with Gasteiger partial charge in [0.1, 0.15) is 0 Å². The Morgan fingerprint density at radius 2 is 1.63 bits per heavy atom. The predicted molar refractivity (Wildman–Crippen MR) is 132 cm³/mol. The van der Waals surface area contributed by atoms with Crippen LogP contribution in [0, 0.1) is 17.2 Å². The summed E-state index contributed by atoms with van der Waals surface area (Å²) in [6.45, 7) is 0.366. The molecule has 1 aliphatic heterocycles. The Bertz CT molecular complexity index is 1480. The first-order valence-electron chi connectivity index (χ1n) is 10.6. The quantitative estimate of drug-likeness (QED) is 0.517. The van der Waals surface area contributed by atoms with E-state index in [4.69, 9.17) is 5.26 Å². The second-order valence-corrected chi connectivity index (χ2v) is 13.0. The van der Waals surface area contributed by atoms with Gasteiger partial charge in [-0.3, -0.25) is 4.79 Å². The fourth-order valence-electron chi connectivity index (χ4n) is 3.75. The Hall–Kier alpha value is -3.11. The number of benzene rings is 2. The molecule has 35 heavy (non-hydrogen) atoms. The zero-order chi connectivity index (χ0) is 25.2. The molecule has 1 fully saturated rings. The maximum atomic E-state index is 12.9. The van der Waals surface area contributed by atoms with Crippen molar-refractivity contribution in [1.29, 1.82) is 5.26 Å². The molecule has 0 aliphatic carbocycles. The summed E-state index contributed by atoms with van der Waals surface area (Å²) in [4.78, 5) is 17.3. The third-order valence-corrected chi connectivity index (χ3v) is 9.56. The Labute approximate surface area is 208 Å². The summed E-state index contributed by atoms with van der Waals surface area (Å²) in [5, 5.41) is 14.0. The van der Waals surface area contributed by atoms with Crippen LogP contribution in [0.2, 0.25) is 0 Å². The fourth-order valence-corrected chi connectivity index (χ4v) is 6.58. The number of sulfone groups is 1. The molecule has 1 aliphatic rings. The molecular formula is C23H22N4O5S3. The van der Waals surface area contributed by atoms with Crippen molar-refractivity contribution >= 4 is 42.2 Å². The molecule has 0 radical (unpaired) electrons. The van der Waals surface area contributed by atoms with E-state index < -0.39 is 19.9 Å². The predicted octanol–water partition coefficient (Wildman–Crippen LogP) is 3.12. The van der Waals surface area contributed by atoms with Gasteiger partial charge in [0.2, 0.25) is 15.9 Å². The van der Waals surface area contributed by atoms with Gasteiger partial charge in [0.05, 0.1) is 27.1 Å². The maximum Gasteiger partial charge on any atom is 0.243 e. The number of carbonyl (C=O) groups is 1. The largest absolute Gasteiger partial charge is 0.302 e. The van der Waals surface area contributed by atoms with Gasteiger partial charge in [-0.1, -0.05) is 12.1 Å². The molecule has 1 saturated heterocycles. The van der Waals surface area contributed by atoms with Crippen LogP contribution in [0.4, 0.5) is 5.13 Å². The molecule has 0 saturated carbocycles. The van der Waals surface area contributed by atoms with Gasteiger partial charge in [0.25, 0.3) is 0 Å². The number of aromatic nitrogens is 1. The zero-order valence-corrected chi connectivity index (χ0v) is 21.2. The molecule has 4 rings (SSSR count). The Morgan fingerprint density at radius 1 is 1.03 bits per heavy atom. The smallest absolute Gasteiger partial charge is 0.243 e. The monoisotopic (exact) mass is 530 g/mol. The van der Waals surface area contributed by atoms with E-state index in [2.05, 4.69) is 16.4 Å². The average molecular weight is 531 g/mol. The van der Waals surface area contributed by atoms with Crippen LogP contribution in [-0.2, 0) is 24.7 Å². The molecule has 182 valence electrons. The lowest BCUT2D eigenvalue weighted by atomic mass is 9.97. The highest BCUT2D eigenvalue weighted by Gasteiger charge is 2.32. The van der Waals surface area contributed by atoms with Crippen LogP contribution in [0.25, 0.3) is 11.3 Å². The number of amides is 1. The van der Waals surface area contributed by atoms with Crippen molar-refractivity contribution in [3.63, 3.8) is 0 Å². The summed E-state index contributed by atoms with van der Waals surface area (Å²) in [6.07, 6.45) is 1.78. The summed E-state index contributed by atoms with van der Waals surface area (Å²) in [7, 11) is -7.21. The Balaban J connectivity index is 1.36. The number of hydrogen-bond donors (Lipinski definition) is 1. The SMILES string of the molecule is CS(=O)(=O)c1ccc(S(=O)(=O)N2CCC(C(=O)Nc3nc(-c4ccc(C#N)cc4)cs3)CC2)cc1. The van der Waals surface area contributed by atoms with Gasteiger partial charge in [0.15, 0.2) is 15.0 Å². The van der Waals surface area contributed by atoms with Crippen molar-refractivity contribution in [3.8, 4) is 17.3 Å². The van der Waals surface area contributed by atoms with Gasteiger partial charge in [-0.2, -0.15) is 9.57 Å². The first-order valence-corrected chi connectivity index (χ1v) is 14.9. The normalized spacial score (nSPS) is 15.4. The Morgan fingerprint density at radius 3 is 2.20 bits per heavy atom. The minimum atomic E-state index is -3.79. The molecule has 0 atom stereocenters. The highest BCUT2D eigenvalue weighted by Crippen LogP contribution is 2.28. The molecule has 3 aromatic rings. The van der Waals surface area contributed by atoms with Gasteiger partial charge >= 0.3 is 0 Å². The number of nitrogens with zero attached hydrogens (tertiary/aromatic N) is 3. The van der Waals surface area contributed by atoms with E-state index >= 15 is 0 Å². The molecule has 1 aromatic heterocycles. The molecule has 1 N–H and O–H groups in total. The number of hydrogen-bond acceptors (Lipinski definition) is 8. The number of anilines is 1. The van der Waals surface area contributed by atoms with Crippen LogP contribution in [0.15, 0.2) is 63.7 Å². The topological polar surface area (TPSA) is 137 Å². The van der Waals surface area contributed by atoms with Gasteiger partial charge < -0.3 is 5.32 Å². The number of nitrogens with one attached hydrogen (secondary N) is 1. The minimum Gasteiger partial charge on any atom is -0.302 e. The van der Waals surface area contributed by atoms with Crippen LogP contribution < -0.4 is 5.32 Å². The van der Waals surface area contributed by atoms with Crippen LogP contribution in [-0.4, -0.2) is 51.4 Å². The van der Waals surface area contributed by atoms with E-state index in [1.807, 2.05) is 5.38 Å². The van der Waals surface area contributed by atoms with Crippen molar-refractivity contribution in [3.05, 3.63) is 59.5 Å². The van der Waals surface area contributed by atoms with E-state index in [9.17, 15) is 21.6 Å². The van der Waals surface area contributed by atoms with Crippen molar-refractivity contribution in [2.24, 2.45) is 5.92 Å². The minimum absolute atomic E-state index is 0.0194. The van der Waals surface area contributed by atoms with E-state index in [0.29, 0.717) is 29.2 Å². The molecule has 0 spiro atoms. The van der Waals surface area contributed by atoms with Crippen molar-refractivity contribution < 1.29 is 21.6 Å². The number of sulfonamides is 1. The molecule has 9 nitrogen and oxygen atoms in total. The first kappa shape index (κ1) is 25.0. The lowest BCUT2D eigenvalue weighted by Gasteiger charge is -2.30. The summed E-state index contributed by atoms with van der Waals surface area (Å²) in [6, 6.07) is 14.2. The summed E-state index contributed by atoms with van der Waals surface area (Å²) < 4.78 is 50.4. The highest BCUT2D eigenvalue weighted by molar-refractivity contribution is 7.90. The lowest BCUT2D eigenvalue weighted by Crippen LogP contribution is -2.41. The highest BCUT2D eigenvalue weighted by atomic mass is 32.2. The van der Waals surface area contributed by atoms with E-state index in [0.717, 1.165) is 11.8 Å². The number of rotatable bonds is 6. The maximum absolute atomic E-state index is 12.9. The fraction of sp³-hybridized carbons (Fsp3) is 0.261. The number of carbonyl (C=O) groups excluding carboxylic acids is 1. The second-order valence-electron chi connectivity index (χ2n) is 8.14. The third kappa shape index (κ3) is 5.59. The zero-order valence-electron chi connectivity index (χ0n) is 18.7. The third-order valence-electron chi connectivity index (χ3n) is 5.76. The van der Waals surface area contributed by atoms with Gasteiger partial charge in [-0.05, 0) is 49.2 Å². The summed E-state index contributed by atoms with van der Waals surface area (Å²) >= 11 is 1.29. The average Bonchev–Trinajstić information content (AvgIpc) is 3.32. The van der Waals surface area contributed by atoms with Gasteiger partial charge in [-0.15, -0.1) is 11.3 Å². The van der Waals surface area contributed by atoms with Crippen molar-refractivity contribution in [2.75, 3.05) is 24.7 Å². The van der Waals surface area contributed by atoms with Crippen LogP contribution in [0.3, 0.4) is 0 Å².